The summed E-state index contributed by atoms with van der Waals surface area (Å²) in [5, 5.41) is 10.8. The number of anilines is 2. The third kappa shape index (κ3) is 4.39. The molecule has 2 amide bonds. The standard InChI is InChI=1S/C29H27N3O5/c1-3-16-36-23-15-12-20(17-24(23)35-4-2)26-25-27(37-32(26)22-8-6-5-7-9-22)29(34)31(28(25)33)21-13-10-19(18-30)11-14-21/h5-15,17,25-27H,3-4,16H2,1-2H3/t25-,26-,27-/m0/s1. The molecule has 0 unspecified atom stereocenters. The second kappa shape index (κ2) is 10.3. The number of carbonyl (C=O) groups excluding carboxylic acids is 2. The topological polar surface area (TPSA) is 92.1 Å². The van der Waals surface area contributed by atoms with Gasteiger partial charge in [-0.15, -0.1) is 0 Å². The fourth-order valence-corrected chi connectivity index (χ4v) is 4.80. The van der Waals surface area contributed by atoms with E-state index in [0.29, 0.717) is 36.0 Å². The van der Waals surface area contributed by atoms with Gasteiger partial charge in [0.25, 0.3) is 5.91 Å². The Morgan fingerprint density at radius 3 is 2.32 bits per heavy atom. The lowest BCUT2D eigenvalue weighted by molar-refractivity contribution is -0.126. The van der Waals surface area contributed by atoms with Crippen LogP contribution in [0.4, 0.5) is 11.4 Å². The Bertz CT molecular complexity index is 1340. The van der Waals surface area contributed by atoms with E-state index in [0.717, 1.165) is 22.6 Å². The van der Waals surface area contributed by atoms with E-state index in [-0.39, 0.29) is 5.91 Å². The van der Waals surface area contributed by atoms with Crippen molar-refractivity contribution in [3.63, 3.8) is 0 Å². The number of nitriles is 1. The smallest absolute Gasteiger partial charge is 0.266 e. The molecule has 0 aromatic heterocycles. The molecule has 5 rings (SSSR count). The Balaban J connectivity index is 1.56. The van der Waals surface area contributed by atoms with E-state index in [1.807, 2.05) is 62.4 Å². The van der Waals surface area contributed by atoms with Gasteiger partial charge in [-0.05, 0) is 67.4 Å². The highest BCUT2D eigenvalue weighted by Crippen LogP contribution is 2.48. The molecule has 2 aliphatic heterocycles. The summed E-state index contributed by atoms with van der Waals surface area (Å²) in [4.78, 5) is 34.7. The van der Waals surface area contributed by atoms with Gasteiger partial charge in [0.15, 0.2) is 17.6 Å². The van der Waals surface area contributed by atoms with E-state index in [1.54, 1.807) is 29.3 Å². The summed E-state index contributed by atoms with van der Waals surface area (Å²) in [5.74, 6) is -0.364. The number of amides is 2. The minimum atomic E-state index is -0.986. The van der Waals surface area contributed by atoms with Crippen molar-refractivity contribution in [2.45, 2.75) is 32.4 Å². The van der Waals surface area contributed by atoms with Crippen LogP contribution in [0.25, 0.3) is 0 Å². The van der Waals surface area contributed by atoms with E-state index < -0.39 is 24.0 Å². The van der Waals surface area contributed by atoms with Crippen LogP contribution in [-0.2, 0) is 14.4 Å². The van der Waals surface area contributed by atoms with Gasteiger partial charge in [0, 0.05) is 0 Å². The van der Waals surface area contributed by atoms with Gasteiger partial charge < -0.3 is 9.47 Å². The summed E-state index contributed by atoms with van der Waals surface area (Å²) in [5.41, 5.74) is 2.36. The van der Waals surface area contributed by atoms with Crippen LogP contribution in [0.3, 0.4) is 0 Å². The maximum absolute atomic E-state index is 13.8. The monoisotopic (exact) mass is 497 g/mol. The first-order chi connectivity index (χ1) is 18.1. The summed E-state index contributed by atoms with van der Waals surface area (Å²) in [6.45, 7) is 4.94. The van der Waals surface area contributed by atoms with Gasteiger partial charge in [-0.3, -0.25) is 14.4 Å². The van der Waals surface area contributed by atoms with E-state index in [1.165, 1.54) is 0 Å². The second-order valence-corrected chi connectivity index (χ2v) is 8.82. The highest BCUT2D eigenvalue weighted by Gasteiger charge is 2.60. The minimum absolute atomic E-state index is 0.354. The van der Waals surface area contributed by atoms with E-state index >= 15 is 0 Å². The number of carbonyl (C=O) groups is 2. The van der Waals surface area contributed by atoms with Crippen LogP contribution in [0.2, 0.25) is 0 Å². The third-order valence-electron chi connectivity index (χ3n) is 6.45. The largest absolute Gasteiger partial charge is 0.490 e. The Hall–Kier alpha value is -4.35. The van der Waals surface area contributed by atoms with Crippen LogP contribution in [0, 0.1) is 17.2 Å². The zero-order valence-corrected chi connectivity index (χ0v) is 20.7. The third-order valence-corrected chi connectivity index (χ3v) is 6.45. The fraction of sp³-hybridized carbons (Fsp3) is 0.276. The summed E-state index contributed by atoms with van der Waals surface area (Å²) in [6, 6.07) is 22.9. The van der Waals surface area contributed by atoms with Gasteiger partial charge in [0.05, 0.1) is 42.3 Å². The van der Waals surface area contributed by atoms with Crippen molar-refractivity contribution in [3.05, 3.63) is 83.9 Å². The maximum Gasteiger partial charge on any atom is 0.266 e. The zero-order chi connectivity index (χ0) is 25.9. The average Bonchev–Trinajstić information content (AvgIpc) is 3.44. The molecule has 37 heavy (non-hydrogen) atoms. The number of benzene rings is 3. The molecule has 0 spiro atoms. The number of rotatable bonds is 8. The van der Waals surface area contributed by atoms with Gasteiger partial charge in [0.2, 0.25) is 5.91 Å². The number of fused-ring (bicyclic) bond motifs is 1. The van der Waals surface area contributed by atoms with Gasteiger partial charge in [0.1, 0.15) is 5.92 Å². The number of hydrogen-bond donors (Lipinski definition) is 0. The molecule has 8 heteroatoms. The number of hydroxylamine groups is 1. The summed E-state index contributed by atoms with van der Waals surface area (Å²) in [7, 11) is 0. The molecular formula is C29H27N3O5. The van der Waals surface area contributed by atoms with E-state index in [9.17, 15) is 9.59 Å². The number of imide groups is 1. The molecule has 0 radical (unpaired) electrons. The van der Waals surface area contributed by atoms with Crippen LogP contribution < -0.4 is 19.4 Å². The van der Waals surface area contributed by atoms with Crippen molar-refractivity contribution in [2.24, 2.45) is 5.92 Å². The Labute approximate surface area is 215 Å². The molecule has 3 atom stereocenters. The fourth-order valence-electron chi connectivity index (χ4n) is 4.80. The molecule has 2 fully saturated rings. The van der Waals surface area contributed by atoms with Crippen LogP contribution in [0.5, 0.6) is 11.5 Å². The summed E-state index contributed by atoms with van der Waals surface area (Å²) >= 11 is 0. The first-order valence-electron chi connectivity index (χ1n) is 12.4. The van der Waals surface area contributed by atoms with Crippen molar-refractivity contribution in [1.29, 1.82) is 5.26 Å². The predicted octanol–water partition coefficient (Wildman–Crippen LogP) is 4.80. The summed E-state index contributed by atoms with van der Waals surface area (Å²) in [6.07, 6.45) is -0.128. The lowest BCUT2D eigenvalue weighted by atomic mass is 9.90. The molecule has 8 nitrogen and oxygen atoms in total. The van der Waals surface area contributed by atoms with Crippen molar-refractivity contribution in [2.75, 3.05) is 23.2 Å². The van der Waals surface area contributed by atoms with Crippen molar-refractivity contribution < 1.29 is 23.9 Å². The quantitative estimate of drug-likeness (QED) is 0.413. The van der Waals surface area contributed by atoms with Gasteiger partial charge in [-0.25, -0.2) is 9.96 Å². The van der Waals surface area contributed by atoms with Gasteiger partial charge in [-0.2, -0.15) is 5.26 Å². The molecule has 0 N–H and O–H groups in total. The number of para-hydroxylation sites is 1. The number of ether oxygens (including phenoxy) is 2. The first-order valence-corrected chi connectivity index (χ1v) is 12.4. The molecule has 188 valence electrons. The molecule has 2 heterocycles. The van der Waals surface area contributed by atoms with Crippen LogP contribution in [-0.4, -0.2) is 31.1 Å². The highest BCUT2D eigenvalue weighted by atomic mass is 16.7. The first kappa shape index (κ1) is 24.3. The Morgan fingerprint density at radius 1 is 0.892 bits per heavy atom. The molecule has 3 aromatic rings. The van der Waals surface area contributed by atoms with Gasteiger partial charge >= 0.3 is 0 Å². The lowest BCUT2D eigenvalue weighted by Gasteiger charge is -2.29. The van der Waals surface area contributed by atoms with E-state index in [4.69, 9.17) is 19.6 Å². The molecule has 3 aromatic carbocycles. The minimum Gasteiger partial charge on any atom is -0.490 e. The normalized spacial score (nSPS) is 20.6. The van der Waals surface area contributed by atoms with E-state index in [2.05, 4.69) is 6.07 Å². The van der Waals surface area contributed by atoms with Gasteiger partial charge in [-0.1, -0.05) is 31.2 Å². The van der Waals surface area contributed by atoms with Crippen molar-refractivity contribution in [1.82, 2.24) is 0 Å². The molecule has 2 aliphatic rings. The van der Waals surface area contributed by atoms with Crippen LogP contribution in [0.1, 0.15) is 37.4 Å². The second-order valence-electron chi connectivity index (χ2n) is 8.82. The highest BCUT2D eigenvalue weighted by molar-refractivity contribution is 6.23. The maximum atomic E-state index is 13.8. The number of nitrogens with zero attached hydrogens (tertiary/aromatic N) is 3. The molecule has 0 aliphatic carbocycles. The Morgan fingerprint density at radius 2 is 1.65 bits per heavy atom. The van der Waals surface area contributed by atoms with Crippen molar-refractivity contribution in [3.8, 4) is 17.6 Å². The average molecular weight is 498 g/mol. The van der Waals surface area contributed by atoms with Crippen molar-refractivity contribution >= 4 is 23.2 Å². The van der Waals surface area contributed by atoms with Crippen LogP contribution in [0.15, 0.2) is 72.8 Å². The van der Waals surface area contributed by atoms with Crippen LogP contribution >= 0.6 is 0 Å². The molecular weight excluding hydrogens is 470 g/mol. The number of hydrogen-bond acceptors (Lipinski definition) is 7. The SMILES string of the molecule is CCCOc1ccc([C@H]2[C@@H]3C(=O)N(c4ccc(C#N)cc4)C(=O)[C@H]3ON2c2ccccc2)cc1OCC. The summed E-state index contributed by atoms with van der Waals surface area (Å²) < 4.78 is 11.7. The molecule has 0 saturated carbocycles. The lowest BCUT2D eigenvalue weighted by Crippen LogP contribution is -2.37. The molecule has 2 saturated heterocycles. The zero-order valence-electron chi connectivity index (χ0n) is 20.7. The predicted molar refractivity (Wildman–Crippen MR) is 137 cm³/mol. The molecule has 0 bridgehead atoms. The Kier molecular flexibility index (Phi) is 6.80.